The number of carbonyl (C=O) groups excluding carboxylic acids is 1. The lowest BCUT2D eigenvalue weighted by Gasteiger charge is -2.27. The molecule has 190 valence electrons. The van der Waals surface area contributed by atoms with Crippen molar-refractivity contribution < 1.29 is 35.9 Å². The first-order chi connectivity index (χ1) is 16.0. The maximum absolute atomic E-state index is 14.7. The smallest absolute Gasteiger partial charge is 0.376 e. The number of hydrogen-bond acceptors (Lipinski definition) is 4. The number of nitrogens with one attached hydrogen (secondary N) is 2. The van der Waals surface area contributed by atoms with Crippen LogP contribution in [0.2, 0.25) is 0 Å². The fraction of sp³-hybridized carbons (Fsp3) is 0.375. The van der Waals surface area contributed by atoms with Crippen LogP contribution in [0.5, 0.6) is 0 Å². The maximum Gasteiger partial charge on any atom is 0.421 e. The van der Waals surface area contributed by atoms with Crippen LogP contribution in [-0.2, 0) is 15.6 Å². The number of fused-ring (bicyclic) bond motifs is 1. The van der Waals surface area contributed by atoms with Gasteiger partial charge in [0.2, 0.25) is 10.0 Å². The van der Waals surface area contributed by atoms with E-state index < -0.39 is 39.6 Å². The molecule has 3 atom stereocenters. The summed E-state index contributed by atoms with van der Waals surface area (Å²) in [4.78, 5) is 12.8. The molecule has 1 amide bonds. The van der Waals surface area contributed by atoms with Gasteiger partial charge in [-0.15, -0.1) is 0 Å². The highest BCUT2D eigenvalue weighted by atomic mass is 32.2. The van der Waals surface area contributed by atoms with Crippen LogP contribution in [0, 0.1) is 5.92 Å². The Morgan fingerprint density at radius 2 is 1.74 bits per heavy atom. The molecule has 2 aromatic carbocycles. The summed E-state index contributed by atoms with van der Waals surface area (Å²) in [6.07, 6.45) is -2.57. The van der Waals surface area contributed by atoms with Crippen LogP contribution in [0.25, 0.3) is 10.8 Å². The Labute approximate surface area is 200 Å². The second-order valence-corrected chi connectivity index (χ2v) is 10.7. The maximum atomic E-state index is 14.7. The van der Waals surface area contributed by atoms with E-state index in [0.29, 0.717) is 23.3 Å². The quantitative estimate of drug-likeness (QED) is 0.498. The molecule has 1 aliphatic rings. The lowest BCUT2D eigenvalue weighted by Crippen LogP contribution is -2.39. The first kappa shape index (κ1) is 26.7. The molecule has 2 aromatic rings. The van der Waals surface area contributed by atoms with Crippen LogP contribution in [0.4, 0.5) is 17.6 Å². The van der Waals surface area contributed by atoms with E-state index in [1.54, 1.807) is 13.8 Å². The number of aliphatic hydroxyl groups is 1. The number of allylic oxidation sites excluding steroid dienone is 3. The highest BCUT2D eigenvalue weighted by Crippen LogP contribution is 2.39. The Kier molecular flexibility index (Phi) is 7.07. The van der Waals surface area contributed by atoms with Gasteiger partial charge >= 0.3 is 6.18 Å². The lowest BCUT2D eigenvalue weighted by atomic mass is 9.88. The van der Waals surface area contributed by atoms with E-state index >= 15 is 0 Å². The van der Waals surface area contributed by atoms with Crippen LogP contribution in [-0.4, -0.2) is 37.9 Å². The number of benzene rings is 2. The minimum Gasteiger partial charge on any atom is -0.376 e. The summed E-state index contributed by atoms with van der Waals surface area (Å²) in [6, 6.07) is 7.45. The fourth-order valence-electron chi connectivity index (χ4n) is 3.86. The van der Waals surface area contributed by atoms with Gasteiger partial charge in [0.25, 0.3) is 5.91 Å². The normalized spacial score (nSPS) is 19.7. The average Bonchev–Trinajstić information content (AvgIpc) is 2.73. The molecule has 0 saturated carbocycles. The minimum atomic E-state index is -4.85. The lowest BCUT2D eigenvalue weighted by molar-refractivity contribution is -0.258. The molecule has 35 heavy (non-hydrogen) atoms. The van der Waals surface area contributed by atoms with Crippen molar-refractivity contribution in [1.82, 2.24) is 10.0 Å². The van der Waals surface area contributed by atoms with E-state index in [2.05, 4.69) is 10.0 Å². The minimum absolute atomic E-state index is 0.196. The third-order valence-corrected chi connectivity index (χ3v) is 6.64. The van der Waals surface area contributed by atoms with Crippen LogP contribution < -0.4 is 10.0 Å². The van der Waals surface area contributed by atoms with E-state index in [1.165, 1.54) is 30.3 Å². The summed E-state index contributed by atoms with van der Waals surface area (Å²) in [6.45, 7) is 4.01. The molecule has 0 heterocycles. The highest BCUT2D eigenvalue weighted by Gasteiger charge is 2.51. The van der Waals surface area contributed by atoms with Gasteiger partial charge in [-0.05, 0) is 66.5 Å². The summed E-state index contributed by atoms with van der Waals surface area (Å²) in [5.74, 6) is -1.46. The van der Waals surface area contributed by atoms with Gasteiger partial charge in [-0.3, -0.25) is 9.52 Å². The summed E-state index contributed by atoms with van der Waals surface area (Å²) in [7, 11) is -3.56. The predicted molar refractivity (Wildman–Crippen MR) is 124 cm³/mol. The molecule has 2 unspecified atom stereocenters. The van der Waals surface area contributed by atoms with E-state index in [4.69, 9.17) is 0 Å². The molecule has 0 bridgehead atoms. The molecule has 0 aliphatic heterocycles. The largest absolute Gasteiger partial charge is 0.421 e. The summed E-state index contributed by atoms with van der Waals surface area (Å²) in [5.41, 5.74) is -2.59. The van der Waals surface area contributed by atoms with Crippen LogP contribution in [0.3, 0.4) is 0 Å². The zero-order valence-corrected chi connectivity index (χ0v) is 20.3. The number of sulfonamides is 1. The van der Waals surface area contributed by atoms with Gasteiger partial charge in [0.1, 0.15) is 5.83 Å². The van der Waals surface area contributed by atoms with E-state index in [1.807, 2.05) is 0 Å². The van der Waals surface area contributed by atoms with Crippen molar-refractivity contribution in [3.05, 3.63) is 70.7 Å². The Morgan fingerprint density at radius 3 is 2.34 bits per heavy atom. The molecule has 0 radical (unpaired) electrons. The zero-order valence-electron chi connectivity index (χ0n) is 19.5. The molecule has 0 saturated heterocycles. The molecule has 0 spiro atoms. The van der Waals surface area contributed by atoms with Crippen molar-refractivity contribution in [1.29, 1.82) is 0 Å². The third-order valence-electron chi connectivity index (χ3n) is 6.04. The first-order valence-electron chi connectivity index (χ1n) is 10.7. The molecule has 3 rings (SSSR count). The standard InChI is InChI=1S/C24H26F4N2O4S/c1-13-9-19(20(25)12-21(13)30-35(4,33)34)14(2)29-22(31)17-6-5-16-11-18(8-7-15(16)10-17)23(3,32)24(26,27)28/h5-8,10-14,30,32H,9H2,1-4H3,(H,29,31)/t13?,14-,23?/m1/s1. The second kappa shape index (κ2) is 9.27. The number of amides is 1. The van der Waals surface area contributed by atoms with Gasteiger partial charge in [-0.1, -0.05) is 25.1 Å². The number of rotatable bonds is 6. The fourth-order valence-corrected chi connectivity index (χ4v) is 4.55. The zero-order chi connectivity index (χ0) is 26.3. The monoisotopic (exact) mass is 514 g/mol. The van der Waals surface area contributed by atoms with Crippen molar-refractivity contribution in [2.45, 2.75) is 45.0 Å². The van der Waals surface area contributed by atoms with Gasteiger partial charge < -0.3 is 10.4 Å². The molecule has 3 N–H and O–H groups in total. The molecule has 11 heteroatoms. The van der Waals surface area contributed by atoms with Crippen LogP contribution >= 0.6 is 0 Å². The molecule has 6 nitrogen and oxygen atoms in total. The first-order valence-corrected chi connectivity index (χ1v) is 12.6. The van der Waals surface area contributed by atoms with Gasteiger partial charge in [0, 0.05) is 17.2 Å². The predicted octanol–water partition coefficient (Wildman–Crippen LogP) is 4.42. The number of alkyl halides is 3. The molecule has 1 aliphatic carbocycles. The highest BCUT2D eigenvalue weighted by molar-refractivity contribution is 7.88. The SMILES string of the molecule is CC1CC([C@@H](C)NC(=O)c2ccc3cc(C(C)(O)C(F)(F)F)ccc3c2)=C(F)C=C1NS(C)(=O)=O. The van der Waals surface area contributed by atoms with Crippen molar-refractivity contribution >= 4 is 26.7 Å². The summed E-state index contributed by atoms with van der Waals surface area (Å²) in [5, 5.41) is 13.5. The molecule has 0 aromatic heterocycles. The Morgan fingerprint density at radius 1 is 1.14 bits per heavy atom. The summed E-state index contributed by atoms with van der Waals surface area (Å²) < 4.78 is 79.3. The average molecular weight is 515 g/mol. The number of carbonyl (C=O) groups is 1. The van der Waals surface area contributed by atoms with Gasteiger partial charge in [-0.2, -0.15) is 13.2 Å². The Bertz CT molecular complexity index is 1330. The van der Waals surface area contributed by atoms with Crippen LogP contribution in [0.15, 0.2) is 59.6 Å². The van der Waals surface area contributed by atoms with Crippen molar-refractivity contribution in [3.8, 4) is 0 Å². The Hall–Kier alpha value is -2.92. The van der Waals surface area contributed by atoms with E-state index in [0.717, 1.165) is 18.4 Å². The van der Waals surface area contributed by atoms with E-state index in [9.17, 15) is 35.9 Å². The van der Waals surface area contributed by atoms with Gasteiger partial charge in [0.15, 0.2) is 5.60 Å². The topological polar surface area (TPSA) is 95.5 Å². The molecular weight excluding hydrogens is 488 g/mol. The van der Waals surface area contributed by atoms with Gasteiger partial charge in [0.05, 0.1) is 12.3 Å². The number of hydrogen-bond donors (Lipinski definition) is 3. The van der Waals surface area contributed by atoms with Crippen molar-refractivity contribution in [3.63, 3.8) is 0 Å². The summed E-state index contributed by atoms with van der Waals surface area (Å²) >= 11 is 0. The van der Waals surface area contributed by atoms with Crippen molar-refractivity contribution in [2.75, 3.05) is 6.26 Å². The molecular formula is C24H26F4N2O4S. The van der Waals surface area contributed by atoms with Gasteiger partial charge in [-0.25, -0.2) is 12.8 Å². The Balaban J connectivity index is 1.81. The third kappa shape index (κ3) is 5.84. The van der Waals surface area contributed by atoms with Crippen molar-refractivity contribution in [2.24, 2.45) is 5.92 Å². The van der Waals surface area contributed by atoms with E-state index in [-0.39, 0.29) is 29.2 Å². The molecule has 0 fully saturated rings. The van der Waals surface area contributed by atoms with Crippen LogP contribution in [0.1, 0.15) is 43.1 Å². The number of halogens is 4. The second-order valence-electron chi connectivity index (χ2n) is 8.99.